The fraction of sp³-hybridized carbons (Fsp3) is 0.846. The van der Waals surface area contributed by atoms with Crippen molar-refractivity contribution in [3.8, 4) is 0 Å². The van der Waals surface area contributed by atoms with Gasteiger partial charge in [-0.2, -0.15) is 0 Å². The van der Waals surface area contributed by atoms with E-state index in [1.165, 1.54) is 12.8 Å². The molecule has 0 bridgehead atoms. The molecule has 0 saturated carbocycles. The van der Waals surface area contributed by atoms with Gasteiger partial charge in [-0.25, -0.2) is 0 Å². The third-order valence-corrected chi connectivity index (χ3v) is 2.70. The Bertz CT molecular complexity index is 225. The van der Waals surface area contributed by atoms with Crippen LogP contribution in [0.5, 0.6) is 0 Å². The Morgan fingerprint density at radius 1 is 1.12 bits per heavy atom. The van der Waals surface area contributed by atoms with Crippen molar-refractivity contribution in [3.05, 3.63) is 0 Å². The van der Waals surface area contributed by atoms with Gasteiger partial charge in [0.1, 0.15) is 0 Å². The predicted octanol–water partition coefficient (Wildman–Crippen LogP) is 3.00. The number of unbranched alkanes of at least 4 members (excludes halogenated alkanes) is 4. The highest BCUT2D eigenvalue weighted by Gasteiger charge is 2.22. The number of carboxylic acids is 1. The SMILES string of the molecule is CCCCCCCC(CC(=O)O)C(=O)OCC. The Hall–Kier alpha value is -1.06. The summed E-state index contributed by atoms with van der Waals surface area (Å²) >= 11 is 0. The van der Waals surface area contributed by atoms with Gasteiger partial charge in [-0.3, -0.25) is 9.59 Å². The first-order valence-corrected chi connectivity index (χ1v) is 6.50. The van der Waals surface area contributed by atoms with E-state index in [-0.39, 0.29) is 12.4 Å². The first-order chi connectivity index (χ1) is 8.11. The molecule has 0 amide bonds. The number of ether oxygens (including phenoxy) is 1. The van der Waals surface area contributed by atoms with E-state index in [1.807, 2.05) is 0 Å². The molecule has 17 heavy (non-hydrogen) atoms. The number of hydrogen-bond donors (Lipinski definition) is 1. The number of aliphatic carboxylic acids is 1. The lowest BCUT2D eigenvalue weighted by Gasteiger charge is -2.13. The Labute approximate surface area is 103 Å². The molecule has 0 fully saturated rings. The second kappa shape index (κ2) is 10.1. The van der Waals surface area contributed by atoms with Crippen LogP contribution in [-0.4, -0.2) is 23.7 Å². The molecule has 1 atom stereocenters. The van der Waals surface area contributed by atoms with E-state index in [0.717, 1.165) is 19.3 Å². The molecule has 1 N–H and O–H groups in total. The van der Waals surface area contributed by atoms with Gasteiger partial charge in [0, 0.05) is 0 Å². The normalized spacial score (nSPS) is 12.1. The summed E-state index contributed by atoms with van der Waals surface area (Å²) in [6, 6.07) is 0. The number of hydrogen-bond acceptors (Lipinski definition) is 3. The number of esters is 1. The largest absolute Gasteiger partial charge is 0.481 e. The number of carbonyl (C=O) groups excluding carboxylic acids is 1. The van der Waals surface area contributed by atoms with Crippen molar-refractivity contribution in [2.24, 2.45) is 5.92 Å². The van der Waals surface area contributed by atoms with Crippen LogP contribution in [0.25, 0.3) is 0 Å². The van der Waals surface area contributed by atoms with Crippen LogP contribution in [0.2, 0.25) is 0 Å². The van der Waals surface area contributed by atoms with Gasteiger partial charge >= 0.3 is 11.9 Å². The van der Waals surface area contributed by atoms with Crippen LogP contribution < -0.4 is 0 Å². The van der Waals surface area contributed by atoms with Crippen molar-refractivity contribution in [1.82, 2.24) is 0 Å². The zero-order chi connectivity index (χ0) is 13.1. The fourth-order valence-electron chi connectivity index (χ4n) is 1.77. The maximum Gasteiger partial charge on any atom is 0.309 e. The number of carboxylic acid groups (broad SMARTS) is 1. The van der Waals surface area contributed by atoms with E-state index in [4.69, 9.17) is 9.84 Å². The summed E-state index contributed by atoms with van der Waals surface area (Å²) in [5.74, 6) is -1.78. The van der Waals surface area contributed by atoms with Crippen molar-refractivity contribution in [1.29, 1.82) is 0 Å². The van der Waals surface area contributed by atoms with E-state index in [1.54, 1.807) is 6.92 Å². The molecule has 0 aromatic rings. The average Bonchev–Trinajstić information content (AvgIpc) is 2.27. The first-order valence-electron chi connectivity index (χ1n) is 6.50. The van der Waals surface area contributed by atoms with Crippen LogP contribution in [0.15, 0.2) is 0 Å². The summed E-state index contributed by atoms with van der Waals surface area (Å²) in [5.41, 5.74) is 0. The van der Waals surface area contributed by atoms with Crippen molar-refractivity contribution < 1.29 is 19.4 Å². The van der Waals surface area contributed by atoms with Crippen molar-refractivity contribution >= 4 is 11.9 Å². The van der Waals surface area contributed by atoms with Crippen LogP contribution in [0.1, 0.15) is 58.8 Å². The lowest BCUT2D eigenvalue weighted by atomic mass is 9.97. The molecule has 0 spiro atoms. The smallest absolute Gasteiger partial charge is 0.309 e. The van der Waals surface area contributed by atoms with E-state index in [2.05, 4.69) is 6.92 Å². The third-order valence-electron chi connectivity index (χ3n) is 2.70. The highest BCUT2D eigenvalue weighted by atomic mass is 16.5. The molecule has 0 aromatic heterocycles. The molecule has 0 saturated heterocycles. The van der Waals surface area contributed by atoms with Gasteiger partial charge in [0.2, 0.25) is 0 Å². The zero-order valence-electron chi connectivity index (χ0n) is 10.9. The van der Waals surface area contributed by atoms with Crippen molar-refractivity contribution in [3.63, 3.8) is 0 Å². The molecule has 0 aromatic carbocycles. The molecule has 0 heterocycles. The molecule has 0 aliphatic heterocycles. The van der Waals surface area contributed by atoms with Gasteiger partial charge in [-0.05, 0) is 13.3 Å². The third kappa shape index (κ3) is 8.72. The molecule has 100 valence electrons. The Morgan fingerprint density at radius 2 is 1.76 bits per heavy atom. The quantitative estimate of drug-likeness (QED) is 0.474. The average molecular weight is 244 g/mol. The van der Waals surface area contributed by atoms with E-state index < -0.39 is 11.9 Å². The molecule has 0 radical (unpaired) electrons. The van der Waals surface area contributed by atoms with Crippen LogP contribution >= 0.6 is 0 Å². The van der Waals surface area contributed by atoms with Gasteiger partial charge in [-0.15, -0.1) is 0 Å². The fourth-order valence-corrected chi connectivity index (χ4v) is 1.77. The van der Waals surface area contributed by atoms with Crippen molar-refractivity contribution in [2.75, 3.05) is 6.61 Å². The van der Waals surface area contributed by atoms with Crippen molar-refractivity contribution in [2.45, 2.75) is 58.8 Å². The van der Waals surface area contributed by atoms with Crippen LogP contribution in [0, 0.1) is 5.92 Å². The van der Waals surface area contributed by atoms with Crippen LogP contribution in [0.4, 0.5) is 0 Å². The Morgan fingerprint density at radius 3 is 2.29 bits per heavy atom. The Kier molecular flexibility index (Phi) is 9.49. The molecule has 0 rings (SSSR count). The van der Waals surface area contributed by atoms with Gasteiger partial charge in [0.25, 0.3) is 0 Å². The van der Waals surface area contributed by atoms with E-state index >= 15 is 0 Å². The lowest BCUT2D eigenvalue weighted by molar-refractivity contribution is -0.153. The summed E-state index contributed by atoms with van der Waals surface area (Å²) < 4.78 is 4.88. The van der Waals surface area contributed by atoms with Gasteiger partial charge < -0.3 is 9.84 Å². The molecule has 4 heteroatoms. The summed E-state index contributed by atoms with van der Waals surface area (Å²) in [7, 11) is 0. The summed E-state index contributed by atoms with van der Waals surface area (Å²) in [6.45, 7) is 4.19. The minimum Gasteiger partial charge on any atom is -0.481 e. The van der Waals surface area contributed by atoms with E-state index in [0.29, 0.717) is 13.0 Å². The van der Waals surface area contributed by atoms with Gasteiger partial charge in [0.15, 0.2) is 0 Å². The number of rotatable bonds is 10. The molecule has 0 aliphatic rings. The topological polar surface area (TPSA) is 63.6 Å². The minimum atomic E-state index is -0.934. The van der Waals surface area contributed by atoms with Gasteiger partial charge in [-0.1, -0.05) is 39.0 Å². The summed E-state index contributed by atoms with van der Waals surface area (Å²) in [6.07, 6.45) is 5.99. The highest BCUT2D eigenvalue weighted by Crippen LogP contribution is 2.16. The molecular formula is C13H24O4. The second-order valence-corrected chi connectivity index (χ2v) is 4.25. The molecular weight excluding hydrogens is 220 g/mol. The monoisotopic (exact) mass is 244 g/mol. The predicted molar refractivity (Wildman–Crippen MR) is 65.8 cm³/mol. The highest BCUT2D eigenvalue weighted by molar-refractivity contribution is 5.78. The first kappa shape index (κ1) is 15.9. The maximum atomic E-state index is 11.5. The van der Waals surface area contributed by atoms with Gasteiger partial charge in [0.05, 0.1) is 18.9 Å². The molecule has 0 aliphatic carbocycles. The van der Waals surface area contributed by atoms with Crippen LogP contribution in [-0.2, 0) is 14.3 Å². The molecule has 4 nitrogen and oxygen atoms in total. The van der Waals surface area contributed by atoms with E-state index in [9.17, 15) is 9.59 Å². The molecule has 1 unspecified atom stereocenters. The zero-order valence-corrected chi connectivity index (χ0v) is 10.9. The summed E-state index contributed by atoms with van der Waals surface area (Å²) in [4.78, 5) is 22.2. The standard InChI is InChI=1S/C13H24O4/c1-3-5-6-7-8-9-11(10-12(14)15)13(16)17-4-2/h11H,3-10H2,1-2H3,(H,14,15). The Balaban J connectivity index is 3.93. The summed E-state index contributed by atoms with van der Waals surface area (Å²) in [5, 5.41) is 8.73. The maximum absolute atomic E-state index is 11.5. The second-order valence-electron chi connectivity index (χ2n) is 4.25. The van der Waals surface area contributed by atoms with Crippen LogP contribution in [0.3, 0.4) is 0 Å². The lowest BCUT2D eigenvalue weighted by Crippen LogP contribution is -2.21. The number of carbonyl (C=O) groups is 2. The minimum absolute atomic E-state index is 0.118.